The maximum atomic E-state index is 12.5. The number of fused-ring (bicyclic) bond motifs is 1. The van der Waals surface area contributed by atoms with Crippen LogP contribution in [0.15, 0.2) is 76.8 Å². The van der Waals surface area contributed by atoms with Gasteiger partial charge in [-0.25, -0.2) is 4.98 Å². The molecule has 1 aliphatic heterocycles. The molecule has 4 rings (SSSR count). The van der Waals surface area contributed by atoms with E-state index >= 15 is 0 Å². The molecule has 2 aromatic carbocycles. The molecule has 30 heavy (non-hydrogen) atoms. The van der Waals surface area contributed by atoms with Gasteiger partial charge in [-0.15, -0.1) is 11.8 Å². The number of carbonyl (C=O) groups is 2. The van der Waals surface area contributed by atoms with Crippen LogP contribution in [0.2, 0.25) is 0 Å². The van der Waals surface area contributed by atoms with Gasteiger partial charge in [-0.3, -0.25) is 9.59 Å². The van der Waals surface area contributed by atoms with Gasteiger partial charge in [0.25, 0.3) is 5.91 Å². The molecular weight excluding hydrogens is 414 g/mol. The number of carbonyl (C=O) groups excluding carboxylic acids is 2. The van der Waals surface area contributed by atoms with E-state index in [1.807, 2.05) is 42.7 Å². The minimum absolute atomic E-state index is 0.0646. The average Bonchev–Trinajstić information content (AvgIpc) is 2.80. The molecule has 152 valence electrons. The van der Waals surface area contributed by atoms with Crippen LogP contribution >= 0.6 is 23.5 Å². The molecule has 0 spiro atoms. The van der Waals surface area contributed by atoms with Crippen molar-refractivity contribution in [2.24, 2.45) is 0 Å². The van der Waals surface area contributed by atoms with Gasteiger partial charge in [0.2, 0.25) is 5.91 Å². The molecule has 7 heteroatoms. The largest absolute Gasteiger partial charge is 0.348 e. The Bertz CT molecular complexity index is 1050. The van der Waals surface area contributed by atoms with Crippen LogP contribution in [0.25, 0.3) is 0 Å². The van der Waals surface area contributed by atoms with Crippen LogP contribution in [0, 0.1) is 0 Å². The zero-order valence-corrected chi connectivity index (χ0v) is 18.1. The predicted molar refractivity (Wildman–Crippen MR) is 122 cm³/mol. The Hall–Kier alpha value is -2.77. The highest BCUT2D eigenvalue weighted by Crippen LogP contribution is 2.34. The van der Waals surface area contributed by atoms with Gasteiger partial charge in [-0.05, 0) is 53.8 Å². The smallest absolute Gasteiger partial charge is 0.251 e. The number of anilines is 1. The summed E-state index contributed by atoms with van der Waals surface area (Å²) in [6, 6.07) is 19.3. The van der Waals surface area contributed by atoms with Crippen molar-refractivity contribution in [3.8, 4) is 0 Å². The Morgan fingerprint density at radius 1 is 1.10 bits per heavy atom. The fourth-order valence-electron chi connectivity index (χ4n) is 3.19. The van der Waals surface area contributed by atoms with Crippen LogP contribution in [0.3, 0.4) is 0 Å². The third-order valence-corrected chi connectivity index (χ3v) is 6.57. The van der Waals surface area contributed by atoms with E-state index in [0.717, 1.165) is 21.8 Å². The third kappa shape index (κ3) is 4.68. The molecule has 0 bridgehead atoms. The van der Waals surface area contributed by atoms with Crippen molar-refractivity contribution in [1.82, 2.24) is 10.3 Å². The van der Waals surface area contributed by atoms with E-state index in [9.17, 15) is 9.59 Å². The summed E-state index contributed by atoms with van der Waals surface area (Å²) in [5.41, 5.74) is 3.47. The quantitative estimate of drug-likeness (QED) is 0.583. The number of benzene rings is 2. The summed E-state index contributed by atoms with van der Waals surface area (Å²) in [6.45, 7) is 0.945. The number of nitrogens with one attached hydrogen (secondary N) is 1. The lowest BCUT2D eigenvalue weighted by atomic mass is 10.1. The second-order valence-corrected chi connectivity index (χ2v) is 8.67. The highest BCUT2D eigenvalue weighted by Gasteiger charge is 2.25. The van der Waals surface area contributed by atoms with Crippen molar-refractivity contribution in [3.05, 3.63) is 83.6 Å². The van der Waals surface area contributed by atoms with Crippen molar-refractivity contribution < 1.29 is 9.59 Å². The second kappa shape index (κ2) is 9.36. The first-order valence-corrected chi connectivity index (χ1v) is 11.7. The summed E-state index contributed by atoms with van der Waals surface area (Å²) in [4.78, 5) is 32.2. The normalized spacial score (nSPS) is 13.1. The third-order valence-electron chi connectivity index (χ3n) is 4.84. The first-order chi connectivity index (χ1) is 14.6. The van der Waals surface area contributed by atoms with Gasteiger partial charge >= 0.3 is 0 Å². The Kier molecular flexibility index (Phi) is 6.40. The lowest BCUT2D eigenvalue weighted by Crippen LogP contribution is -2.35. The van der Waals surface area contributed by atoms with Crippen LogP contribution in [0.1, 0.15) is 21.5 Å². The van der Waals surface area contributed by atoms with Crippen molar-refractivity contribution in [1.29, 1.82) is 0 Å². The van der Waals surface area contributed by atoms with Crippen LogP contribution < -0.4 is 10.2 Å². The first-order valence-electron chi connectivity index (χ1n) is 9.52. The zero-order chi connectivity index (χ0) is 20.9. The summed E-state index contributed by atoms with van der Waals surface area (Å²) in [6.07, 6.45) is 3.78. The van der Waals surface area contributed by atoms with Gasteiger partial charge in [0, 0.05) is 23.2 Å². The standard InChI is InChI=1S/C23H21N3O2S2/c1-29-19-10-6-16(7-11-19)13-25-22(28)18-8-4-17(5-9-18)14-26-20-3-2-12-24-23(20)30-15-21(26)27/h2-12H,13-15H2,1H3,(H,25,28). The van der Waals surface area contributed by atoms with E-state index in [2.05, 4.69) is 22.4 Å². The minimum Gasteiger partial charge on any atom is -0.348 e. The lowest BCUT2D eigenvalue weighted by Gasteiger charge is -2.28. The first kappa shape index (κ1) is 20.5. The fraction of sp³-hybridized carbons (Fsp3) is 0.174. The number of hydrogen-bond donors (Lipinski definition) is 1. The molecule has 2 heterocycles. The number of hydrogen-bond acceptors (Lipinski definition) is 5. The van der Waals surface area contributed by atoms with Crippen LogP contribution in [-0.2, 0) is 17.9 Å². The molecule has 1 N–H and O–H groups in total. The number of aromatic nitrogens is 1. The van der Waals surface area contributed by atoms with Gasteiger partial charge in [-0.2, -0.15) is 0 Å². The Morgan fingerprint density at radius 2 is 1.83 bits per heavy atom. The highest BCUT2D eigenvalue weighted by molar-refractivity contribution is 8.00. The summed E-state index contributed by atoms with van der Waals surface area (Å²) >= 11 is 3.16. The van der Waals surface area contributed by atoms with Gasteiger partial charge in [0.05, 0.1) is 18.0 Å². The van der Waals surface area contributed by atoms with E-state index in [4.69, 9.17) is 0 Å². The minimum atomic E-state index is -0.115. The zero-order valence-electron chi connectivity index (χ0n) is 16.5. The summed E-state index contributed by atoms with van der Waals surface area (Å²) in [7, 11) is 0. The lowest BCUT2D eigenvalue weighted by molar-refractivity contribution is -0.116. The molecule has 0 radical (unpaired) electrons. The van der Waals surface area contributed by atoms with Crippen LogP contribution in [0.4, 0.5) is 5.69 Å². The summed E-state index contributed by atoms with van der Waals surface area (Å²) in [5.74, 6) is 0.341. The maximum absolute atomic E-state index is 12.5. The highest BCUT2D eigenvalue weighted by atomic mass is 32.2. The average molecular weight is 436 g/mol. The molecule has 0 fully saturated rings. The summed E-state index contributed by atoms with van der Waals surface area (Å²) < 4.78 is 0. The van der Waals surface area contributed by atoms with Crippen molar-refractivity contribution in [2.75, 3.05) is 16.9 Å². The molecule has 2 amide bonds. The summed E-state index contributed by atoms with van der Waals surface area (Å²) in [5, 5.41) is 3.83. The molecular formula is C23H21N3O2S2. The van der Waals surface area contributed by atoms with E-state index in [0.29, 0.717) is 24.4 Å². The van der Waals surface area contributed by atoms with Crippen LogP contribution in [-0.4, -0.2) is 28.8 Å². The van der Waals surface area contributed by atoms with Crippen LogP contribution in [0.5, 0.6) is 0 Å². The number of rotatable bonds is 6. The molecule has 0 saturated carbocycles. The van der Waals surface area contributed by atoms with E-state index in [1.54, 1.807) is 35.0 Å². The molecule has 0 unspecified atom stereocenters. The van der Waals surface area contributed by atoms with E-state index in [1.165, 1.54) is 16.7 Å². The topological polar surface area (TPSA) is 62.3 Å². The SMILES string of the molecule is CSc1ccc(CNC(=O)c2ccc(CN3C(=O)CSc4ncccc43)cc2)cc1. The molecule has 1 aromatic heterocycles. The van der Waals surface area contributed by atoms with Crippen molar-refractivity contribution >= 4 is 41.0 Å². The Morgan fingerprint density at radius 3 is 2.57 bits per heavy atom. The van der Waals surface area contributed by atoms with Gasteiger partial charge < -0.3 is 10.2 Å². The molecule has 5 nitrogen and oxygen atoms in total. The number of nitrogens with zero attached hydrogens (tertiary/aromatic N) is 2. The second-order valence-electron chi connectivity index (χ2n) is 6.82. The predicted octanol–water partition coefficient (Wildman–Crippen LogP) is 4.37. The maximum Gasteiger partial charge on any atom is 0.251 e. The fourth-order valence-corrected chi connectivity index (χ4v) is 4.47. The van der Waals surface area contributed by atoms with E-state index < -0.39 is 0 Å². The van der Waals surface area contributed by atoms with Gasteiger partial charge in [0.15, 0.2) is 0 Å². The van der Waals surface area contributed by atoms with Crippen molar-refractivity contribution in [3.63, 3.8) is 0 Å². The monoisotopic (exact) mass is 435 g/mol. The van der Waals surface area contributed by atoms with E-state index in [-0.39, 0.29) is 11.8 Å². The number of pyridine rings is 1. The molecule has 3 aromatic rings. The number of thioether (sulfide) groups is 2. The molecule has 0 aliphatic carbocycles. The molecule has 0 saturated heterocycles. The molecule has 0 atom stereocenters. The Balaban J connectivity index is 1.39. The van der Waals surface area contributed by atoms with Crippen molar-refractivity contribution in [2.45, 2.75) is 23.0 Å². The Labute approximate surface area is 184 Å². The van der Waals surface area contributed by atoms with Gasteiger partial charge in [0.1, 0.15) is 5.03 Å². The molecule has 1 aliphatic rings. The van der Waals surface area contributed by atoms with Gasteiger partial charge in [-0.1, -0.05) is 36.0 Å². The number of amides is 2.